The molecule has 0 fully saturated rings. The summed E-state index contributed by atoms with van der Waals surface area (Å²) in [6.45, 7) is 0. The Bertz CT molecular complexity index is 809. The quantitative estimate of drug-likeness (QED) is 0.742. The summed E-state index contributed by atoms with van der Waals surface area (Å²) in [4.78, 5) is 4.26. The van der Waals surface area contributed by atoms with Crippen molar-refractivity contribution in [2.75, 3.05) is 0 Å². The Balaban J connectivity index is 2.16. The van der Waals surface area contributed by atoms with Crippen molar-refractivity contribution >= 4 is 10.0 Å². The van der Waals surface area contributed by atoms with Crippen LogP contribution >= 0.6 is 0 Å². The molecule has 0 aliphatic carbocycles. The van der Waals surface area contributed by atoms with Crippen LogP contribution in [0.4, 0.5) is 0 Å². The maximum Gasteiger partial charge on any atom is 0.269 e. The molecule has 0 amide bonds. The van der Waals surface area contributed by atoms with Crippen LogP contribution in [0.2, 0.25) is 0 Å². The van der Waals surface area contributed by atoms with Gasteiger partial charge in [-0.1, -0.05) is 48.5 Å². The van der Waals surface area contributed by atoms with Crippen LogP contribution in [0.5, 0.6) is 0 Å². The zero-order valence-electron chi connectivity index (χ0n) is 10.5. The SMILES string of the molecule is O=S(=O)(c1ccccc1)n1c[c]nc1-c1ccccc1. The number of benzene rings is 2. The summed E-state index contributed by atoms with van der Waals surface area (Å²) >= 11 is 0. The second-order valence-electron chi connectivity index (χ2n) is 4.17. The molecule has 20 heavy (non-hydrogen) atoms. The van der Waals surface area contributed by atoms with Crippen molar-refractivity contribution in [3.63, 3.8) is 0 Å². The summed E-state index contributed by atoms with van der Waals surface area (Å²) in [6, 6.07) is 17.4. The maximum atomic E-state index is 12.6. The minimum atomic E-state index is -3.65. The van der Waals surface area contributed by atoms with Crippen LogP contribution in [-0.2, 0) is 10.0 Å². The third kappa shape index (κ3) is 2.12. The lowest BCUT2D eigenvalue weighted by atomic mass is 10.2. The van der Waals surface area contributed by atoms with E-state index in [0.29, 0.717) is 5.82 Å². The number of hydrogen-bond donors (Lipinski definition) is 0. The molecule has 4 nitrogen and oxygen atoms in total. The Morgan fingerprint density at radius 1 is 0.900 bits per heavy atom. The molecule has 5 heteroatoms. The Kier molecular flexibility index (Phi) is 3.12. The van der Waals surface area contributed by atoms with E-state index in [0.717, 1.165) is 9.54 Å². The van der Waals surface area contributed by atoms with Crippen LogP contribution in [0.25, 0.3) is 11.4 Å². The van der Waals surface area contributed by atoms with Gasteiger partial charge in [0.15, 0.2) is 5.82 Å². The molecular weight excluding hydrogens is 272 g/mol. The molecule has 1 heterocycles. The van der Waals surface area contributed by atoms with Gasteiger partial charge in [0.1, 0.15) is 6.20 Å². The molecule has 0 N–H and O–H groups in total. The topological polar surface area (TPSA) is 52.0 Å². The van der Waals surface area contributed by atoms with Crippen molar-refractivity contribution in [3.8, 4) is 11.4 Å². The number of rotatable bonds is 3. The van der Waals surface area contributed by atoms with Gasteiger partial charge in [-0.3, -0.25) is 0 Å². The highest BCUT2D eigenvalue weighted by atomic mass is 32.2. The lowest BCUT2D eigenvalue weighted by Crippen LogP contribution is -2.13. The normalized spacial score (nSPS) is 11.4. The number of hydrogen-bond acceptors (Lipinski definition) is 3. The first kappa shape index (κ1) is 12.6. The first-order valence-corrected chi connectivity index (χ1v) is 7.45. The van der Waals surface area contributed by atoms with Crippen molar-refractivity contribution in [3.05, 3.63) is 73.1 Å². The first-order chi connectivity index (χ1) is 9.69. The molecule has 0 atom stereocenters. The van der Waals surface area contributed by atoms with Crippen molar-refractivity contribution < 1.29 is 8.42 Å². The van der Waals surface area contributed by atoms with E-state index >= 15 is 0 Å². The van der Waals surface area contributed by atoms with E-state index in [-0.39, 0.29) is 4.90 Å². The van der Waals surface area contributed by atoms with Crippen molar-refractivity contribution in [2.24, 2.45) is 0 Å². The van der Waals surface area contributed by atoms with Crippen molar-refractivity contribution in [1.82, 2.24) is 8.96 Å². The molecule has 0 spiro atoms. The van der Waals surface area contributed by atoms with Gasteiger partial charge in [-0.25, -0.2) is 17.4 Å². The van der Waals surface area contributed by atoms with Crippen LogP contribution in [0, 0.1) is 6.20 Å². The van der Waals surface area contributed by atoms with Gasteiger partial charge in [-0.15, -0.1) is 0 Å². The summed E-state index contributed by atoms with van der Waals surface area (Å²) < 4.78 is 26.3. The van der Waals surface area contributed by atoms with E-state index in [1.807, 2.05) is 30.3 Å². The zero-order chi connectivity index (χ0) is 14.0. The molecule has 0 aliphatic rings. The second kappa shape index (κ2) is 4.94. The van der Waals surface area contributed by atoms with Gasteiger partial charge in [-0.2, -0.15) is 0 Å². The fourth-order valence-corrected chi connectivity index (χ4v) is 3.21. The molecule has 0 saturated heterocycles. The van der Waals surface area contributed by atoms with Gasteiger partial charge in [0, 0.05) is 5.56 Å². The average Bonchev–Trinajstić information content (AvgIpc) is 2.99. The van der Waals surface area contributed by atoms with Gasteiger partial charge in [-0.05, 0) is 12.1 Å². The molecule has 0 unspecified atom stereocenters. The van der Waals surface area contributed by atoms with Crippen LogP contribution in [0.1, 0.15) is 0 Å². The summed E-state index contributed by atoms with van der Waals surface area (Å²) in [5.41, 5.74) is 0.730. The van der Waals surface area contributed by atoms with Gasteiger partial charge >= 0.3 is 0 Å². The van der Waals surface area contributed by atoms with E-state index < -0.39 is 10.0 Å². The molecule has 0 bridgehead atoms. The highest BCUT2D eigenvalue weighted by molar-refractivity contribution is 7.90. The second-order valence-corrected chi connectivity index (χ2v) is 5.99. The number of aromatic nitrogens is 2. The molecule has 0 aliphatic heterocycles. The smallest absolute Gasteiger partial charge is 0.226 e. The Labute approximate surface area is 117 Å². The van der Waals surface area contributed by atoms with Crippen LogP contribution in [-0.4, -0.2) is 17.4 Å². The molecule has 0 saturated carbocycles. The van der Waals surface area contributed by atoms with E-state index in [1.165, 1.54) is 6.20 Å². The first-order valence-electron chi connectivity index (χ1n) is 6.01. The van der Waals surface area contributed by atoms with E-state index in [4.69, 9.17) is 0 Å². The highest BCUT2D eigenvalue weighted by Crippen LogP contribution is 2.22. The minimum Gasteiger partial charge on any atom is -0.226 e. The molecule has 1 aromatic heterocycles. The van der Waals surface area contributed by atoms with Crippen molar-refractivity contribution in [1.29, 1.82) is 0 Å². The molecule has 3 rings (SSSR count). The van der Waals surface area contributed by atoms with Crippen LogP contribution in [0.3, 0.4) is 0 Å². The Morgan fingerprint density at radius 3 is 2.15 bits per heavy atom. The van der Waals surface area contributed by atoms with Gasteiger partial charge in [0.05, 0.1) is 11.1 Å². The molecule has 99 valence electrons. The van der Waals surface area contributed by atoms with E-state index in [9.17, 15) is 8.42 Å². The summed E-state index contributed by atoms with van der Waals surface area (Å²) in [7, 11) is -3.65. The van der Waals surface area contributed by atoms with Crippen LogP contribution < -0.4 is 0 Å². The largest absolute Gasteiger partial charge is 0.269 e. The third-order valence-electron chi connectivity index (χ3n) is 2.89. The summed E-state index contributed by atoms with van der Waals surface area (Å²) in [5.74, 6) is 0.356. The standard InChI is InChI=1S/C15H11N2O2S/c18-20(19,14-9-5-2-6-10-14)17-12-11-16-15(17)13-7-3-1-4-8-13/h1-10,12H. The fourth-order valence-electron chi connectivity index (χ4n) is 1.92. The average molecular weight is 283 g/mol. The molecule has 2 aromatic carbocycles. The van der Waals surface area contributed by atoms with Gasteiger partial charge in [0.25, 0.3) is 10.0 Å². The zero-order valence-corrected chi connectivity index (χ0v) is 11.3. The minimum absolute atomic E-state index is 0.226. The fraction of sp³-hybridized carbons (Fsp3) is 0. The molecular formula is C15H11N2O2S. The lowest BCUT2D eigenvalue weighted by Gasteiger charge is -2.09. The predicted octanol–water partition coefficient (Wildman–Crippen LogP) is 2.59. The predicted molar refractivity (Wildman–Crippen MR) is 75.5 cm³/mol. The van der Waals surface area contributed by atoms with E-state index in [1.54, 1.807) is 30.3 Å². The van der Waals surface area contributed by atoms with Crippen molar-refractivity contribution in [2.45, 2.75) is 4.90 Å². The maximum absolute atomic E-state index is 12.6. The Morgan fingerprint density at radius 2 is 1.50 bits per heavy atom. The number of imidazole rings is 1. The third-order valence-corrected chi connectivity index (χ3v) is 4.55. The monoisotopic (exact) mass is 283 g/mol. The number of nitrogens with zero attached hydrogens (tertiary/aromatic N) is 2. The molecule has 1 radical (unpaired) electrons. The molecule has 3 aromatic rings. The van der Waals surface area contributed by atoms with Crippen LogP contribution in [0.15, 0.2) is 71.8 Å². The van der Waals surface area contributed by atoms with E-state index in [2.05, 4.69) is 11.2 Å². The van der Waals surface area contributed by atoms with Gasteiger partial charge in [0.2, 0.25) is 0 Å². The Hall–Kier alpha value is -2.40. The van der Waals surface area contributed by atoms with Gasteiger partial charge < -0.3 is 0 Å². The highest BCUT2D eigenvalue weighted by Gasteiger charge is 2.20. The summed E-state index contributed by atoms with van der Waals surface area (Å²) in [5, 5.41) is 0. The summed E-state index contributed by atoms with van der Waals surface area (Å²) in [6.07, 6.45) is 3.94. The lowest BCUT2D eigenvalue weighted by molar-refractivity contribution is 0.588.